The van der Waals surface area contributed by atoms with Crippen LogP contribution in [0.3, 0.4) is 0 Å². The molecule has 0 aromatic heterocycles. The summed E-state index contributed by atoms with van der Waals surface area (Å²) in [5.41, 5.74) is 1.79. The highest BCUT2D eigenvalue weighted by Gasteiger charge is 2.13. The van der Waals surface area contributed by atoms with Crippen LogP contribution in [0, 0.1) is 0 Å². The second-order valence-electron chi connectivity index (χ2n) is 4.79. The molecule has 0 unspecified atom stereocenters. The molecule has 0 heterocycles. The monoisotopic (exact) mass is 298 g/mol. The van der Waals surface area contributed by atoms with Gasteiger partial charge in [-0.3, -0.25) is 4.79 Å². The number of nitrogens with one attached hydrogen (secondary N) is 1. The molecule has 0 fully saturated rings. The van der Waals surface area contributed by atoms with Crippen molar-refractivity contribution in [1.29, 1.82) is 0 Å². The smallest absolute Gasteiger partial charge is 0.246 e. The zero-order valence-corrected chi connectivity index (χ0v) is 13.1. The molecule has 1 N–H and O–H groups in total. The Morgan fingerprint density at radius 1 is 1.09 bits per heavy atom. The fourth-order valence-corrected chi connectivity index (χ4v) is 2.25. The predicted octanol–water partition coefficient (Wildman–Crippen LogP) is 3.55. The predicted molar refractivity (Wildman–Crippen MR) is 90.6 cm³/mol. The highest BCUT2D eigenvalue weighted by molar-refractivity contribution is 5.96. The maximum atomic E-state index is 12.4. The molecule has 0 aliphatic heterocycles. The lowest BCUT2D eigenvalue weighted by Crippen LogP contribution is -2.35. The number of para-hydroxylation sites is 1. The first-order valence-electron chi connectivity index (χ1n) is 7.56. The number of benzene rings is 2. The second-order valence-corrected chi connectivity index (χ2v) is 4.79. The maximum Gasteiger partial charge on any atom is 0.246 e. The lowest BCUT2D eigenvalue weighted by molar-refractivity contribution is -0.116. The molecule has 2 rings (SSSR count). The summed E-state index contributed by atoms with van der Waals surface area (Å²) < 4.78 is 5.46. The van der Waals surface area contributed by atoms with Gasteiger partial charge >= 0.3 is 0 Å². The number of rotatable bonds is 7. The summed E-state index contributed by atoms with van der Waals surface area (Å²) in [6, 6.07) is 17.3. The number of likely N-dealkylation sites (N-methyl/N-ethyl adjacent to an activating group) is 1. The van der Waals surface area contributed by atoms with E-state index in [1.165, 1.54) is 0 Å². The molecule has 2 aromatic carbocycles. The highest BCUT2D eigenvalue weighted by atomic mass is 16.5. The normalized spacial score (nSPS) is 10.1. The molecule has 0 saturated carbocycles. The fraction of sp³-hybridized carbons (Fsp3) is 0.278. The average Bonchev–Trinajstić information content (AvgIpc) is 2.55. The minimum atomic E-state index is 0.0375. The van der Waals surface area contributed by atoms with Gasteiger partial charge in [0.1, 0.15) is 5.75 Å². The number of hydrogen-bond donors (Lipinski definition) is 1. The molecular formula is C18H22N2O2. The van der Waals surface area contributed by atoms with Crippen molar-refractivity contribution in [3.63, 3.8) is 0 Å². The Bertz CT molecular complexity index is 599. The fourth-order valence-electron chi connectivity index (χ4n) is 2.25. The van der Waals surface area contributed by atoms with Crippen molar-refractivity contribution >= 4 is 17.3 Å². The minimum Gasteiger partial charge on any atom is -0.494 e. The standard InChI is InChI=1S/C18H22N2O2/c1-3-20(16-10-6-5-7-11-16)18(21)14-19-15-9-8-12-17(13-15)22-4-2/h5-13,19H,3-4,14H2,1-2H3. The van der Waals surface area contributed by atoms with Crippen molar-refractivity contribution in [2.24, 2.45) is 0 Å². The van der Waals surface area contributed by atoms with Gasteiger partial charge in [-0.25, -0.2) is 0 Å². The first-order chi connectivity index (χ1) is 10.7. The number of nitrogens with zero attached hydrogens (tertiary/aromatic N) is 1. The Hall–Kier alpha value is -2.49. The van der Waals surface area contributed by atoms with E-state index in [-0.39, 0.29) is 12.5 Å². The van der Waals surface area contributed by atoms with Crippen LogP contribution < -0.4 is 15.0 Å². The lowest BCUT2D eigenvalue weighted by Gasteiger charge is -2.21. The van der Waals surface area contributed by atoms with Crippen LogP contribution in [0.2, 0.25) is 0 Å². The van der Waals surface area contributed by atoms with Gasteiger partial charge in [0.2, 0.25) is 5.91 Å². The molecule has 22 heavy (non-hydrogen) atoms. The van der Waals surface area contributed by atoms with E-state index in [1.54, 1.807) is 4.90 Å². The highest BCUT2D eigenvalue weighted by Crippen LogP contribution is 2.18. The lowest BCUT2D eigenvalue weighted by atomic mass is 10.2. The number of carbonyl (C=O) groups is 1. The molecule has 1 amide bonds. The quantitative estimate of drug-likeness (QED) is 0.850. The molecule has 4 heteroatoms. The summed E-state index contributed by atoms with van der Waals surface area (Å²) in [5.74, 6) is 0.839. The van der Waals surface area contributed by atoms with Crippen LogP contribution in [0.1, 0.15) is 13.8 Å². The van der Waals surface area contributed by atoms with Crippen LogP contribution in [-0.2, 0) is 4.79 Å². The van der Waals surface area contributed by atoms with Crippen LogP contribution in [0.15, 0.2) is 54.6 Å². The van der Waals surface area contributed by atoms with E-state index in [9.17, 15) is 4.79 Å². The largest absolute Gasteiger partial charge is 0.494 e. The van der Waals surface area contributed by atoms with Gasteiger partial charge in [0.15, 0.2) is 0 Å². The van der Waals surface area contributed by atoms with E-state index < -0.39 is 0 Å². The number of hydrogen-bond acceptors (Lipinski definition) is 3. The number of anilines is 2. The van der Waals surface area contributed by atoms with Gasteiger partial charge < -0.3 is 15.0 Å². The topological polar surface area (TPSA) is 41.6 Å². The van der Waals surface area contributed by atoms with Gasteiger partial charge in [-0.05, 0) is 38.1 Å². The minimum absolute atomic E-state index is 0.0375. The second kappa shape index (κ2) is 8.08. The number of amides is 1. The van der Waals surface area contributed by atoms with E-state index >= 15 is 0 Å². The van der Waals surface area contributed by atoms with Crippen LogP contribution >= 0.6 is 0 Å². The SMILES string of the molecule is CCOc1cccc(NCC(=O)N(CC)c2ccccc2)c1. The molecule has 0 atom stereocenters. The van der Waals surface area contributed by atoms with Crippen LogP contribution in [0.5, 0.6) is 5.75 Å². The van der Waals surface area contributed by atoms with Crippen LogP contribution in [-0.4, -0.2) is 25.6 Å². The molecule has 116 valence electrons. The van der Waals surface area contributed by atoms with Gasteiger partial charge in [0, 0.05) is 24.0 Å². The first kappa shape index (κ1) is 15.9. The van der Waals surface area contributed by atoms with Gasteiger partial charge in [0.25, 0.3) is 0 Å². The summed E-state index contributed by atoms with van der Waals surface area (Å²) in [7, 11) is 0. The molecule has 0 spiro atoms. The molecule has 0 radical (unpaired) electrons. The molecule has 0 bridgehead atoms. The van der Waals surface area contributed by atoms with Crippen LogP contribution in [0.4, 0.5) is 11.4 Å². The van der Waals surface area contributed by atoms with E-state index in [0.29, 0.717) is 13.2 Å². The summed E-state index contributed by atoms with van der Waals surface area (Å²) >= 11 is 0. The summed E-state index contributed by atoms with van der Waals surface area (Å²) in [5, 5.41) is 3.16. The van der Waals surface area contributed by atoms with Crippen molar-refractivity contribution in [2.45, 2.75) is 13.8 Å². The number of ether oxygens (including phenoxy) is 1. The Morgan fingerprint density at radius 3 is 2.55 bits per heavy atom. The zero-order valence-electron chi connectivity index (χ0n) is 13.1. The van der Waals surface area contributed by atoms with Gasteiger partial charge in [-0.1, -0.05) is 24.3 Å². The number of carbonyl (C=O) groups excluding carboxylic acids is 1. The van der Waals surface area contributed by atoms with Crippen molar-refractivity contribution < 1.29 is 9.53 Å². The van der Waals surface area contributed by atoms with E-state index in [1.807, 2.05) is 68.4 Å². The van der Waals surface area contributed by atoms with Crippen molar-refractivity contribution in [3.8, 4) is 5.75 Å². The third-order valence-corrected chi connectivity index (χ3v) is 3.27. The van der Waals surface area contributed by atoms with E-state index in [4.69, 9.17) is 4.74 Å². The van der Waals surface area contributed by atoms with Gasteiger partial charge in [0.05, 0.1) is 13.2 Å². The molecule has 0 saturated heterocycles. The molecule has 4 nitrogen and oxygen atoms in total. The third-order valence-electron chi connectivity index (χ3n) is 3.27. The van der Waals surface area contributed by atoms with Crippen molar-refractivity contribution in [2.75, 3.05) is 29.9 Å². The zero-order chi connectivity index (χ0) is 15.8. The maximum absolute atomic E-state index is 12.4. The van der Waals surface area contributed by atoms with E-state index in [0.717, 1.165) is 17.1 Å². The Labute approximate surface area is 131 Å². The third kappa shape index (κ3) is 4.25. The van der Waals surface area contributed by atoms with Gasteiger partial charge in [-0.2, -0.15) is 0 Å². The van der Waals surface area contributed by atoms with Gasteiger partial charge in [-0.15, -0.1) is 0 Å². The Balaban J connectivity index is 1.98. The molecule has 0 aliphatic carbocycles. The van der Waals surface area contributed by atoms with E-state index in [2.05, 4.69) is 5.32 Å². The summed E-state index contributed by atoms with van der Waals surface area (Å²) in [6.45, 7) is 5.44. The van der Waals surface area contributed by atoms with Crippen LogP contribution in [0.25, 0.3) is 0 Å². The average molecular weight is 298 g/mol. The van der Waals surface area contributed by atoms with Crippen molar-refractivity contribution in [1.82, 2.24) is 0 Å². The molecule has 0 aliphatic rings. The van der Waals surface area contributed by atoms with Crippen molar-refractivity contribution in [3.05, 3.63) is 54.6 Å². The first-order valence-corrected chi connectivity index (χ1v) is 7.56. The Kier molecular flexibility index (Phi) is 5.83. The molecule has 2 aromatic rings. The summed E-state index contributed by atoms with van der Waals surface area (Å²) in [6.07, 6.45) is 0. The molecular weight excluding hydrogens is 276 g/mol. The Morgan fingerprint density at radius 2 is 1.86 bits per heavy atom. The summed E-state index contributed by atoms with van der Waals surface area (Å²) in [4.78, 5) is 14.2.